The number of carbonyl (C=O) groups is 2. The second kappa shape index (κ2) is 15.9. The van der Waals surface area contributed by atoms with Crippen LogP contribution in [0.25, 0.3) is 0 Å². The average molecular weight is 643 g/mol. The van der Waals surface area contributed by atoms with Gasteiger partial charge in [0.15, 0.2) is 18.4 Å². The number of ether oxygens (including phenoxy) is 7. The first-order valence-electron chi connectivity index (χ1n) is 15.9. The van der Waals surface area contributed by atoms with Crippen LogP contribution in [0.5, 0.6) is 0 Å². The maximum atomic E-state index is 13.0. The minimum absolute atomic E-state index is 0.0118. The Kier molecular flexibility index (Phi) is 12.7. The summed E-state index contributed by atoms with van der Waals surface area (Å²) in [5.74, 6) is -1.81. The Morgan fingerprint density at radius 3 is 2.29 bits per heavy atom. The highest BCUT2D eigenvalue weighted by Gasteiger charge is 2.49. The Balaban J connectivity index is 1.49. The van der Waals surface area contributed by atoms with E-state index in [0.717, 1.165) is 0 Å². The van der Waals surface area contributed by atoms with E-state index in [1.165, 1.54) is 19.3 Å². The molecule has 0 aromatic rings. The van der Waals surface area contributed by atoms with Crippen molar-refractivity contribution in [3.05, 3.63) is 24.3 Å². The summed E-state index contributed by atoms with van der Waals surface area (Å²) in [4.78, 5) is 26.0. The molecule has 4 aliphatic rings. The van der Waals surface area contributed by atoms with Crippen molar-refractivity contribution in [2.45, 2.75) is 134 Å². The quantitative estimate of drug-likeness (QED) is 0.236. The highest BCUT2D eigenvalue weighted by atomic mass is 16.7. The SMILES string of the molecule is CO[C@H]1[C@H](OCC2[C@@H](C)OC(=O)/C=C/[C@H](C)[C@@H](O[C@@H]3O[C@H](C)C[C@H](O)[C@H]3O)CC[C@@H](C)C(=O)/C=C/[C@@H]3O[C@@H]23)O[C@H](C)[C@@H](O)[C@H]1O. The Labute approximate surface area is 264 Å². The molecule has 0 saturated carbocycles. The molecular formula is C32H50O13. The van der Waals surface area contributed by atoms with Crippen LogP contribution in [-0.2, 0) is 42.7 Å². The van der Waals surface area contributed by atoms with Gasteiger partial charge in [-0.25, -0.2) is 4.79 Å². The Morgan fingerprint density at radius 1 is 0.844 bits per heavy atom. The first-order valence-corrected chi connectivity index (χ1v) is 15.9. The molecule has 3 saturated heterocycles. The largest absolute Gasteiger partial charge is 0.459 e. The molecule has 4 N–H and O–H groups in total. The minimum Gasteiger partial charge on any atom is -0.459 e. The van der Waals surface area contributed by atoms with E-state index >= 15 is 0 Å². The lowest BCUT2D eigenvalue weighted by atomic mass is 9.92. The topological polar surface area (TPSA) is 183 Å². The van der Waals surface area contributed by atoms with E-state index in [1.54, 1.807) is 32.9 Å². The van der Waals surface area contributed by atoms with Crippen LogP contribution in [0, 0.1) is 17.8 Å². The van der Waals surface area contributed by atoms with E-state index in [2.05, 4.69) is 0 Å². The van der Waals surface area contributed by atoms with Crippen LogP contribution in [0.2, 0.25) is 0 Å². The predicted octanol–water partition coefficient (Wildman–Crippen LogP) is 0.789. The number of ketones is 1. The highest BCUT2D eigenvalue weighted by molar-refractivity contribution is 5.91. The maximum absolute atomic E-state index is 13.0. The summed E-state index contributed by atoms with van der Waals surface area (Å²) >= 11 is 0. The van der Waals surface area contributed by atoms with E-state index in [4.69, 9.17) is 33.2 Å². The molecule has 4 aliphatic heterocycles. The third kappa shape index (κ3) is 9.19. The fraction of sp³-hybridized carbons (Fsp3) is 0.812. The van der Waals surface area contributed by atoms with Crippen molar-refractivity contribution in [2.24, 2.45) is 17.8 Å². The predicted molar refractivity (Wildman–Crippen MR) is 157 cm³/mol. The van der Waals surface area contributed by atoms with Crippen molar-refractivity contribution >= 4 is 11.8 Å². The van der Waals surface area contributed by atoms with Crippen molar-refractivity contribution in [1.82, 2.24) is 0 Å². The third-order valence-electron chi connectivity index (χ3n) is 9.26. The lowest BCUT2D eigenvalue weighted by Crippen LogP contribution is -2.58. The fourth-order valence-corrected chi connectivity index (χ4v) is 6.07. The van der Waals surface area contributed by atoms with Crippen molar-refractivity contribution in [1.29, 1.82) is 0 Å². The van der Waals surface area contributed by atoms with E-state index in [9.17, 15) is 30.0 Å². The molecule has 0 spiro atoms. The van der Waals surface area contributed by atoms with Crippen molar-refractivity contribution in [3.63, 3.8) is 0 Å². The van der Waals surface area contributed by atoms with Gasteiger partial charge in [0.2, 0.25) is 0 Å². The second-order valence-corrected chi connectivity index (χ2v) is 12.8. The number of hydrogen-bond acceptors (Lipinski definition) is 13. The molecule has 0 bridgehead atoms. The molecule has 0 aromatic heterocycles. The summed E-state index contributed by atoms with van der Waals surface area (Å²) in [7, 11) is 1.38. The lowest BCUT2D eigenvalue weighted by Gasteiger charge is -2.41. The van der Waals surface area contributed by atoms with Crippen molar-refractivity contribution in [2.75, 3.05) is 13.7 Å². The molecule has 0 aliphatic carbocycles. The zero-order chi connectivity index (χ0) is 33.0. The molecule has 13 heteroatoms. The van der Waals surface area contributed by atoms with Crippen LogP contribution in [0.3, 0.4) is 0 Å². The number of methoxy groups -OCH3 is 1. The summed E-state index contributed by atoms with van der Waals surface area (Å²) in [6.45, 7) is 8.82. The zero-order valence-corrected chi connectivity index (χ0v) is 26.8. The van der Waals surface area contributed by atoms with Crippen molar-refractivity contribution in [3.8, 4) is 0 Å². The molecule has 256 valence electrons. The second-order valence-electron chi connectivity index (χ2n) is 12.8. The fourth-order valence-electron chi connectivity index (χ4n) is 6.07. The van der Waals surface area contributed by atoms with Gasteiger partial charge in [0, 0.05) is 37.4 Å². The van der Waals surface area contributed by atoms with Crippen LogP contribution in [0.1, 0.15) is 53.9 Å². The number of epoxide rings is 1. The summed E-state index contributed by atoms with van der Waals surface area (Å²) < 4.78 is 40.7. The van der Waals surface area contributed by atoms with Gasteiger partial charge in [0.25, 0.3) is 0 Å². The monoisotopic (exact) mass is 642 g/mol. The Hall–Kier alpha value is -1.78. The lowest BCUT2D eigenvalue weighted by molar-refractivity contribution is -0.301. The van der Waals surface area contributed by atoms with E-state index in [1.807, 2.05) is 13.8 Å². The summed E-state index contributed by atoms with van der Waals surface area (Å²) in [5.41, 5.74) is 0. The van der Waals surface area contributed by atoms with Gasteiger partial charge in [-0.1, -0.05) is 19.9 Å². The van der Waals surface area contributed by atoms with Crippen LogP contribution in [0.4, 0.5) is 0 Å². The van der Waals surface area contributed by atoms with Crippen LogP contribution in [-0.4, -0.2) is 126 Å². The van der Waals surface area contributed by atoms with Gasteiger partial charge >= 0.3 is 5.97 Å². The molecule has 45 heavy (non-hydrogen) atoms. The Morgan fingerprint density at radius 2 is 1.58 bits per heavy atom. The van der Waals surface area contributed by atoms with Crippen LogP contribution < -0.4 is 0 Å². The van der Waals surface area contributed by atoms with Gasteiger partial charge < -0.3 is 53.6 Å². The molecule has 16 atom stereocenters. The van der Waals surface area contributed by atoms with Crippen LogP contribution in [0.15, 0.2) is 24.3 Å². The zero-order valence-electron chi connectivity index (χ0n) is 26.8. The van der Waals surface area contributed by atoms with Crippen molar-refractivity contribution < 1.29 is 63.2 Å². The average Bonchev–Trinajstić information content (AvgIpc) is 3.76. The Bertz CT molecular complexity index is 1050. The van der Waals surface area contributed by atoms with E-state index < -0.39 is 85.5 Å². The number of hydrogen-bond donors (Lipinski definition) is 4. The van der Waals surface area contributed by atoms with Gasteiger partial charge in [0.05, 0.1) is 37.1 Å². The molecule has 0 radical (unpaired) electrons. The first kappa shape index (κ1) is 36.1. The molecule has 13 nitrogen and oxygen atoms in total. The third-order valence-corrected chi connectivity index (χ3v) is 9.26. The van der Waals surface area contributed by atoms with Gasteiger partial charge in [0.1, 0.15) is 36.6 Å². The first-order chi connectivity index (χ1) is 21.3. The van der Waals surface area contributed by atoms with Gasteiger partial charge in [-0.3, -0.25) is 4.79 Å². The molecule has 3 fully saturated rings. The van der Waals surface area contributed by atoms with E-state index in [-0.39, 0.29) is 36.8 Å². The molecule has 4 heterocycles. The number of aliphatic hydroxyl groups excluding tert-OH is 4. The number of cyclic esters (lactones) is 1. The van der Waals surface area contributed by atoms with Gasteiger partial charge in [-0.2, -0.15) is 0 Å². The van der Waals surface area contributed by atoms with Crippen LogP contribution >= 0.6 is 0 Å². The summed E-state index contributed by atoms with van der Waals surface area (Å²) in [5, 5.41) is 41.4. The smallest absolute Gasteiger partial charge is 0.330 e. The highest BCUT2D eigenvalue weighted by Crippen LogP contribution is 2.36. The molecule has 4 rings (SSSR count). The number of allylic oxidation sites excluding steroid dienone is 1. The number of fused-ring (bicyclic) bond motifs is 1. The minimum atomic E-state index is -1.23. The number of esters is 1. The maximum Gasteiger partial charge on any atom is 0.330 e. The standard InChI is InChI=1S/C32H50O13/c1-15-7-10-23(45-31-27(37)22(34)13-17(3)41-31)16(2)8-12-25(35)42-18(4)20(29-24(44-29)11-9-21(15)33)14-40-32-30(39-6)28(38)26(36)19(5)43-32/h8-9,11-12,15-20,22-24,26-32,34,36-38H,7,10,13-14H2,1-6H3/b11-9+,12-8+/t15-,16+,17-,18-,19-,20?,22+,23+,24+,26-,27-,28-,29+,30-,31+,32-/m1/s1. The molecule has 0 amide bonds. The number of aliphatic hydroxyl groups is 4. The summed E-state index contributed by atoms with van der Waals surface area (Å²) in [6, 6.07) is 0. The number of carbonyl (C=O) groups excluding carboxylic acids is 2. The number of rotatable bonds is 6. The molecule has 1 unspecified atom stereocenters. The summed E-state index contributed by atoms with van der Waals surface area (Å²) in [6.07, 6.45) is -3.25. The normalized spacial score (nSPS) is 48.2. The van der Waals surface area contributed by atoms with E-state index in [0.29, 0.717) is 12.8 Å². The van der Waals surface area contributed by atoms with Gasteiger partial charge in [-0.15, -0.1) is 0 Å². The molecule has 0 aromatic carbocycles. The molecular weight excluding hydrogens is 592 g/mol. The van der Waals surface area contributed by atoms with Gasteiger partial charge in [-0.05, 0) is 45.8 Å².